The van der Waals surface area contributed by atoms with Crippen LogP contribution in [0, 0.1) is 0 Å². The van der Waals surface area contributed by atoms with Gasteiger partial charge in [0.1, 0.15) is 6.33 Å². The van der Waals surface area contributed by atoms with Crippen LogP contribution in [0.25, 0.3) is 11.4 Å². The molecular weight excluding hydrogens is 278 g/mol. The molecular formula is C16H21N5O. The molecule has 0 saturated carbocycles. The van der Waals surface area contributed by atoms with Crippen LogP contribution in [0.2, 0.25) is 0 Å². The number of hydrogen-bond donors (Lipinski definition) is 2. The fourth-order valence-corrected chi connectivity index (χ4v) is 2.99. The zero-order valence-electron chi connectivity index (χ0n) is 13.0. The van der Waals surface area contributed by atoms with Crippen LogP contribution in [0.3, 0.4) is 0 Å². The van der Waals surface area contributed by atoms with E-state index in [-0.39, 0.29) is 5.91 Å². The summed E-state index contributed by atoms with van der Waals surface area (Å²) in [6, 6.07) is 7.71. The van der Waals surface area contributed by atoms with Crippen LogP contribution < -0.4 is 10.6 Å². The lowest BCUT2D eigenvalue weighted by Gasteiger charge is -2.26. The van der Waals surface area contributed by atoms with E-state index in [1.165, 1.54) is 0 Å². The molecule has 0 spiro atoms. The van der Waals surface area contributed by atoms with Crippen LogP contribution in [0.15, 0.2) is 30.6 Å². The summed E-state index contributed by atoms with van der Waals surface area (Å²) >= 11 is 0. The van der Waals surface area contributed by atoms with Crippen molar-refractivity contribution in [3.63, 3.8) is 0 Å². The molecule has 1 aliphatic rings. The van der Waals surface area contributed by atoms with Gasteiger partial charge in [0.15, 0.2) is 5.82 Å². The molecule has 0 aliphatic carbocycles. The lowest BCUT2D eigenvalue weighted by atomic mass is 9.93. The molecule has 22 heavy (non-hydrogen) atoms. The minimum Gasteiger partial charge on any atom is -0.324 e. The zero-order chi connectivity index (χ0) is 15.6. The van der Waals surface area contributed by atoms with Crippen molar-refractivity contribution in [2.75, 3.05) is 11.9 Å². The molecule has 1 aromatic carbocycles. The summed E-state index contributed by atoms with van der Waals surface area (Å²) in [7, 11) is 1.90. The van der Waals surface area contributed by atoms with Crippen LogP contribution in [-0.2, 0) is 11.8 Å². The number of carbonyl (C=O) groups is 1. The van der Waals surface area contributed by atoms with Gasteiger partial charge in [0.2, 0.25) is 5.91 Å². The Hall–Kier alpha value is -2.21. The van der Waals surface area contributed by atoms with Gasteiger partial charge in [0.25, 0.3) is 0 Å². The number of amides is 1. The van der Waals surface area contributed by atoms with Crippen molar-refractivity contribution in [1.82, 2.24) is 20.1 Å². The monoisotopic (exact) mass is 299 g/mol. The molecule has 1 amide bonds. The standard InChI is InChI=1S/C16H21N5O/c1-3-16(8-5-9-17-16)15(22)19-13-7-4-6-12(10-13)14-20-18-11-21(14)2/h4,6-7,10-11,17H,3,5,8-9H2,1-2H3,(H,19,22). The second kappa shape index (κ2) is 5.88. The molecule has 6 heteroatoms. The fraction of sp³-hybridized carbons (Fsp3) is 0.438. The van der Waals surface area contributed by atoms with E-state index in [0.29, 0.717) is 0 Å². The smallest absolute Gasteiger partial charge is 0.244 e. The normalized spacial score (nSPS) is 21.0. The van der Waals surface area contributed by atoms with E-state index in [0.717, 1.165) is 42.9 Å². The summed E-state index contributed by atoms with van der Waals surface area (Å²) in [4.78, 5) is 12.6. The van der Waals surface area contributed by atoms with Crippen molar-refractivity contribution >= 4 is 11.6 Å². The number of nitrogens with one attached hydrogen (secondary N) is 2. The van der Waals surface area contributed by atoms with Gasteiger partial charge in [-0.15, -0.1) is 10.2 Å². The third-order valence-corrected chi connectivity index (χ3v) is 4.37. The molecule has 2 heterocycles. The van der Waals surface area contributed by atoms with Crippen LogP contribution >= 0.6 is 0 Å². The highest BCUT2D eigenvalue weighted by Crippen LogP contribution is 2.26. The quantitative estimate of drug-likeness (QED) is 0.905. The lowest BCUT2D eigenvalue weighted by molar-refractivity contribution is -0.122. The van der Waals surface area contributed by atoms with E-state index in [9.17, 15) is 4.79 Å². The average Bonchev–Trinajstić information content (AvgIpc) is 3.17. The Labute approximate surface area is 129 Å². The highest BCUT2D eigenvalue weighted by molar-refractivity contribution is 5.98. The zero-order valence-corrected chi connectivity index (χ0v) is 13.0. The summed E-state index contributed by atoms with van der Waals surface area (Å²) in [5.74, 6) is 0.822. The summed E-state index contributed by atoms with van der Waals surface area (Å²) in [5.41, 5.74) is 1.29. The SMILES string of the molecule is CCC1(C(=O)Nc2cccc(-c3nncn3C)c2)CCCN1. The van der Waals surface area contributed by atoms with E-state index in [4.69, 9.17) is 0 Å². The van der Waals surface area contributed by atoms with Gasteiger partial charge in [-0.25, -0.2) is 0 Å². The van der Waals surface area contributed by atoms with Gasteiger partial charge >= 0.3 is 0 Å². The highest BCUT2D eigenvalue weighted by atomic mass is 16.2. The predicted molar refractivity (Wildman–Crippen MR) is 85.3 cm³/mol. The van der Waals surface area contributed by atoms with Crippen molar-refractivity contribution in [2.45, 2.75) is 31.7 Å². The van der Waals surface area contributed by atoms with Crippen molar-refractivity contribution in [3.05, 3.63) is 30.6 Å². The van der Waals surface area contributed by atoms with Crippen molar-refractivity contribution < 1.29 is 4.79 Å². The predicted octanol–water partition coefficient (Wildman–Crippen LogP) is 1.95. The molecule has 0 bridgehead atoms. The van der Waals surface area contributed by atoms with E-state index in [2.05, 4.69) is 20.8 Å². The summed E-state index contributed by atoms with van der Waals surface area (Å²) in [6.45, 7) is 2.95. The van der Waals surface area contributed by atoms with Gasteiger partial charge < -0.3 is 15.2 Å². The summed E-state index contributed by atoms with van der Waals surface area (Å²) in [6.07, 6.45) is 4.38. The Morgan fingerprint density at radius 3 is 3.00 bits per heavy atom. The Bertz CT molecular complexity index is 673. The Kier molecular flexibility index (Phi) is 3.94. The van der Waals surface area contributed by atoms with Gasteiger partial charge in [0, 0.05) is 18.3 Å². The molecule has 0 radical (unpaired) electrons. The van der Waals surface area contributed by atoms with Crippen molar-refractivity contribution in [1.29, 1.82) is 0 Å². The van der Waals surface area contributed by atoms with E-state index >= 15 is 0 Å². The highest BCUT2D eigenvalue weighted by Gasteiger charge is 2.39. The molecule has 2 aromatic rings. The second-order valence-electron chi connectivity index (χ2n) is 5.77. The van der Waals surface area contributed by atoms with Crippen LogP contribution in [-0.4, -0.2) is 32.8 Å². The van der Waals surface area contributed by atoms with Crippen molar-refractivity contribution in [2.24, 2.45) is 7.05 Å². The van der Waals surface area contributed by atoms with Gasteiger partial charge in [-0.3, -0.25) is 4.79 Å². The first-order valence-electron chi connectivity index (χ1n) is 7.65. The van der Waals surface area contributed by atoms with E-state index in [1.54, 1.807) is 6.33 Å². The number of hydrogen-bond acceptors (Lipinski definition) is 4. The molecule has 116 valence electrons. The molecule has 1 unspecified atom stereocenters. The first kappa shape index (κ1) is 14.7. The number of aryl methyl sites for hydroxylation is 1. The molecule has 1 aliphatic heterocycles. The van der Waals surface area contributed by atoms with E-state index in [1.807, 2.05) is 42.8 Å². The molecule has 1 atom stereocenters. The average molecular weight is 299 g/mol. The second-order valence-corrected chi connectivity index (χ2v) is 5.77. The van der Waals surface area contributed by atoms with E-state index < -0.39 is 5.54 Å². The fourth-order valence-electron chi connectivity index (χ4n) is 2.99. The summed E-state index contributed by atoms with van der Waals surface area (Å²) in [5, 5.41) is 14.4. The Morgan fingerprint density at radius 2 is 2.36 bits per heavy atom. The van der Waals surface area contributed by atoms with Crippen LogP contribution in [0.5, 0.6) is 0 Å². The lowest BCUT2D eigenvalue weighted by Crippen LogP contribution is -2.50. The first-order valence-corrected chi connectivity index (χ1v) is 7.65. The molecule has 2 N–H and O–H groups in total. The van der Waals surface area contributed by atoms with Gasteiger partial charge in [-0.05, 0) is 37.9 Å². The van der Waals surface area contributed by atoms with Gasteiger partial charge in [0.05, 0.1) is 5.54 Å². The number of benzene rings is 1. The first-order chi connectivity index (χ1) is 10.6. The number of anilines is 1. The molecule has 6 nitrogen and oxygen atoms in total. The number of nitrogens with zero attached hydrogens (tertiary/aromatic N) is 3. The largest absolute Gasteiger partial charge is 0.324 e. The van der Waals surface area contributed by atoms with Crippen LogP contribution in [0.4, 0.5) is 5.69 Å². The van der Waals surface area contributed by atoms with Crippen LogP contribution in [0.1, 0.15) is 26.2 Å². The third kappa shape index (κ3) is 2.62. The molecule has 1 saturated heterocycles. The molecule has 1 aromatic heterocycles. The topological polar surface area (TPSA) is 71.8 Å². The van der Waals surface area contributed by atoms with Gasteiger partial charge in [-0.2, -0.15) is 0 Å². The minimum absolute atomic E-state index is 0.0441. The maximum absolute atomic E-state index is 12.6. The Morgan fingerprint density at radius 1 is 1.50 bits per heavy atom. The molecule has 1 fully saturated rings. The maximum Gasteiger partial charge on any atom is 0.244 e. The number of carbonyl (C=O) groups excluding carboxylic acids is 1. The minimum atomic E-state index is -0.430. The van der Waals surface area contributed by atoms with Gasteiger partial charge in [-0.1, -0.05) is 19.1 Å². The maximum atomic E-state index is 12.6. The Balaban J connectivity index is 1.81. The number of rotatable bonds is 4. The van der Waals surface area contributed by atoms with Crippen molar-refractivity contribution in [3.8, 4) is 11.4 Å². The molecule has 3 rings (SSSR count). The third-order valence-electron chi connectivity index (χ3n) is 4.37. The number of aromatic nitrogens is 3. The summed E-state index contributed by atoms with van der Waals surface area (Å²) < 4.78 is 1.85.